The number of oxime groups is 1. The summed E-state index contributed by atoms with van der Waals surface area (Å²) in [6, 6.07) is 0.884. The molecule has 200 valence electrons. The molecule has 0 aromatic rings. The van der Waals surface area contributed by atoms with Crippen molar-refractivity contribution < 1.29 is 11.1 Å². The first kappa shape index (κ1) is 28.1. The smallest absolute Gasteiger partial charge is 0.129 e. The molecule has 5 aliphatic carbocycles. The second-order valence-electron chi connectivity index (χ2n) is 12.1. The van der Waals surface area contributed by atoms with Gasteiger partial charge in [0.2, 0.25) is 0 Å². The number of nitrogens with one attached hydrogen (secondary N) is 2. The van der Waals surface area contributed by atoms with E-state index in [1.54, 1.807) is 5.57 Å². The fourth-order valence-electron chi connectivity index (χ4n) is 8.07. The number of allylic oxidation sites excluding steroid dienone is 3. The molecule has 6 unspecified atom stereocenters. The monoisotopic (exact) mass is 487 g/mol. The maximum atomic E-state index is 8.00. The molecular weight excluding hydrogens is 434 g/mol. The molecule has 0 radical (unpaired) electrons. The molecule has 2 N–H and O–H groups in total. The molecule has 0 heterocycles. The van der Waals surface area contributed by atoms with Crippen LogP contribution in [0.2, 0.25) is 0 Å². The van der Waals surface area contributed by atoms with E-state index in [0.717, 1.165) is 30.3 Å². The number of hydrogen-bond acceptors (Lipinski definition) is 5. The van der Waals surface area contributed by atoms with Crippen LogP contribution in [0.3, 0.4) is 0 Å². The Kier molecular flexibility index (Phi) is 9.79. The average Bonchev–Trinajstić information content (AvgIpc) is 3.64. The second-order valence-corrected chi connectivity index (χ2v) is 12.1. The van der Waals surface area contributed by atoms with Gasteiger partial charge >= 0.3 is 0 Å². The highest BCUT2D eigenvalue weighted by Crippen LogP contribution is 2.67. The van der Waals surface area contributed by atoms with Crippen LogP contribution in [0.4, 0.5) is 0 Å². The Balaban J connectivity index is 0.000000501. The Labute approximate surface area is 216 Å². The van der Waals surface area contributed by atoms with Crippen LogP contribution in [0.5, 0.6) is 0 Å². The Bertz CT molecular complexity index is 795. The maximum absolute atomic E-state index is 8.00. The number of carbonyl (C=O) groups is 1. The Hall–Kier alpha value is -1.46. The molecule has 0 amide bonds. The fourth-order valence-corrected chi connectivity index (χ4v) is 8.07. The first-order chi connectivity index (χ1) is 16.8. The molecule has 5 rings (SSSR count). The molecule has 0 aliphatic heterocycles. The van der Waals surface area contributed by atoms with Gasteiger partial charge in [0.25, 0.3) is 0 Å². The van der Waals surface area contributed by atoms with E-state index in [0.29, 0.717) is 23.4 Å². The first-order valence-corrected chi connectivity index (χ1v) is 14.0. The minimum atomic E-state index is 0. The normalized spacial score (nSPS) is 37.9. The summed E-state index contributed by atoms with van der Waals surface area (Å²) in [6.07, 6.45) is 15.9. The predicted octanol–water partition coefficient (Wildman–Crippen LogP) is 6.16. The number of fused-ring (bicyclic) bond motifs is 5. The number of rotatable bonds is 6. The van der Waals surface area contributed by atoms with Gasteiger partial charge in [-0.15, -0.1) is 0 Å². The number of likely N-dealkylation sites (N-methyl/N-ethyl adjacent to an activating group) is 1. The van der Waals surface area contributed by atoms with E-state index in [-0.39, 0.29) is 1.43 Å². The first-order valence-electron chi connectivity index (χ1n) is 14.0. The summed E-state index contributed by atoms with van der Waals surface area (Å²) in [7, 11) is 3.96. The molecule has 4 fully saturated rings. The van der Waals surface area contributed by atoms with Gasteiger partial charge in [0, 0.05) is 19.9 Å². The number of nitrogens with zero attached hydrogens (tertiary/aromatic N) is 1. The van der Waals surface area contributed by atoms with E-state index < -0.39 is 0 Å². The van der Waals surface area contributed by atoms with Gasteiger partial charge < -0.3 is 20.3 Å². The van der Waals surface area contributed by atoms with Crippen LogP contribution in [-0.2, 0) is 9.63 Å². The third-order valence-corrected chi connectivity index (χ3v) is 10.2. The topological polar surface area (TPSA) is 62.7 Å². The van der Waals surface area contributed by atoms with Gasteiger partial charge in [-0.05, 0) is 114 Å². The quantitative estimate of drug-likeness (QED) is 0.267. The molecule has 5 aliphatic rings. The molecule has 0 aromatic carbocycles. The van der Waals surface area contributed by atoms with Crippen molar-refractivity contribution in [3.8, 4) is 0 Å². The van der Waals surface area contributed by atoms with Crippen molar-refractivity contribution in [2.45, 2.75) is 91.0 Å². The van der Waals surface area contributed by atoms with Gasteiger partial charge in [0.1, 0.15) is 13.4 Å². The summed E-state index contributed by atoms with van der Waals surface area (Å²) in [6.45, 7) is 15.1. The van der Waals surface area contributed by atoms with Crippen molar-refractivity contribution in [1.29, 1.82) is 0 Å². The average molecular weight is 488 g/mol. The van der Waals surface area contributed by atoms with Gasteiger partial charge in [0.05, 0.1) is 5.71 Å². The van der Waals surface area contributed by atoms with E-state index in [2.05, 4.69) is 49.2 Å². The van der Waals surface area contributed by atoms with Crippen molar-refractivity contribution in [2.24, 2.45) is 39.7 Å². The van der Waals surface area contributed by atoms with Crippen LogP contribution in [0.1, 0.15) is 86.4 Å². The third-order valence-electron chi connectivity index (χ3n) is 10.2. The molecule has 0 saturated heterocycles. The molecular formula is C30H53N3O2. The van der Waals surface area contributed by atoms with Gasteiger partial charge in [-0.1, -0.05) is 42.8 Å². The lowest BCUT2D eigenvalue weighted by Crippen LogP contribution is -2.50. The minimum absolute atomic E-state index is 0. The van der Waals surface area contributed by atoms with Crippen molar-refractivity contribution in [1.82, 2.24) is 10.6 Å². The standard InChI is InChI=1S/C25H40N2O.C4H9N.CH2O.H2/c1-17-10-12-24(3)19(16-17)6-7-20-22-9-8-21(18(2)27-28-15-14-26-5)25(22,4)13-11-23(20)24;1-5-4-2-3-4;1-2;/h16,20-23,26H,1,6-15H2,2-5H3;4-5H,2-3H2,1H3;1H2;1H/b27-18+;;;. The summed E-state index contributed by atoms with van der Waals surface area (Å²) in [5, 5.41) is 10.8. The van der Waals surface area contributed by atoms with Gasteiger partial charge in [0.15, 0.2) is 0 Å². The molecule has 5 heteroatoms. The molecule has 35 heavy (non-hydrogen) atoms. The number of carbonyl (C=O) groups excluding carboxylic acids is 1. The number of hydrogen-bond donors (Lipinski definition) is 2. The zero-order valence-electron chi connectivity index (χ0n) is 23.1. The van der Waals surface area contributed by atoms with Crippen molar-refractivity contribution in [3.05, 3.63) is 23.8 Å². The van der Waals surface area contributed by atoms with Gasteiger partial charge in [-0.25, -0.2) is 0 Å². The van der Waals surface area contributed by atoms with Crippen LogP contribution in [0.15, 0.2) is 29.0 Å². The second kappa shape index (κ2) is 12.2. The summed E-state index contributed by atoms with van der Waals surface area (Å²) >= 11 is 0. The predicted molar refractivity (Wildman–Crippen MR) is 149 cm³/mol. The van der Waals surface area contributed by atoms with E-state index >= 15 is 0 Å². The molecule has 5 nitrogen and oxygen atoms in total. The summed E-state index contributed by atoms with van der Waals surface area (Å²) < 4.78 is 0. The molecule has 0 aromatic heterocycles. The maximum Gasteiger partial charge on any atom is 0.129 e. The largest absolute Gasteiger partial charge is 0.394 e. The summed E-state index contributed by atoms with van der Waals surface area (Å²) in [5.74, 6) is 3.24. The third kappa shape index (κ3) is 5.93. The highest BCUT2D eigenvalue weighted by atomic mass is 16.6. The lowest BCUT2D eigenvalue weighted by molar-refractivity contribution is -0.0980. The fraction of sp³-hybridized carbons (Fsp3) is 0.800. The van der Waals surface area contributed by atoms with Crippen molar-refractivity contribution in [2.75, 3.05) is 27.2 Å². The molecule has 0 bridgehead atoms. The summed E-state index contributed by atoms with van der Waals surface area (Å²) in [4.78, 5) is 13.6. The highest BCUT2D eigenvalue weighted by Gasteiger charge is 2.59. The van der Waals surface area contributed by atoms with E-state index in [1.165, 1.54) is 75.5 Å². The van der Waals surface area contributed by atoms with Crippen LogP contribution in [-0.4, -0.2) is 45.8 Å². The zero-order valence-corrected chi connectivity index (χ0v) is 23.1. The molecule has 4 saturated carbocycles. The Morgan fingerprint density at radius 1 is 1.09 bits per heavy atom. The van der Waals surface area contributed by atoms with Crippen molar-refractivity contribution in [3.63, 3.8) is 0 Å². The molecule has 0 spiro atoms. The highest BCUT2D eigenvalue weighted by molar-refractivity contribution is 5.85. The van der Waals surface area contributed by atoms with Gasteiger partial charge in [-0.3, -0.25) is 0 Å². The lowest BCUT2D eigenvalue weighted by Gasteiger charge is -2.58. The van der Waals surface area contributed by atoms with E-state index in [9.17, 15) is 0 Å². The van der Waals surface area contributed by atoms with Crippen LogP contribution in [0.25, 0.3) is 0 Å². The van der Waals surface area contributed by atoms with E-state index in [4.69, 9.17) is 9.63 Å². The molecule has 6 atom stereocenters. The lowest BCUT2D eigenvalue weighted by atomic mass is 9.46. The van der Waals surface area contributed by atoms with Crippen LogP contribution >= 0.6 is 0 Å². The SMILES string of the molecule is C=C1C=C2CCC3C(CCC4(C)C(/C(C)=N/OCCNC)CCC34)C2(C)CC1.C=O.CNC1CC1.[HH]. The van der Waals surface area contributed by atoms with Crippen LogP contribution < -0.4 is 10.6 Å². The Morgan fingerprint density at radius 2 is 1.83 bits per heavy atom. The van der Waals surface area contributed by atoms with E-state index in [1.807, 2.05) is 20.9 Å². The van der Waals surface area contributed by atoms with Crippen LogP contribution in [0, 0.1) is 34.5 Å². The Morgan fingerprint density at radius 3 is 2.46 bits per heavy atom. The summed E-state index contributed by atoms with van der Waals surface area (Å²) in [5.41, 5.74) is 5.16. The van der Waals surface area contributed by atoms with Crippen molar-refractivity contribution >= 4 is 12.5 Å². The minimum Gasteiger partial charge on any atom is -0.394 e. The zero-order chi connectivity index (χ0) is 25.6. The van der Waals surface area contributed by atoms with Gasteiger partial charge in [-0.2, -0.15) is 0 Å².